The lowest BCUT2D eigenvalue weighted by Crippen LogP contribution is -2.45. The van der Waals surface area contributed by atoms with Gasteiger partial charge in [-0.3, -0.25) is 0 Å². The Morgan fingerprint density at radius 1 is 1.23 bits per heavy atom. The lowest BCUT2D eigenvalue weighted by Gasteiger charge is -2.35. The molecule has 1 aromatic carbocycles. The number of amides is 2. The summed E-state index contributed by atoms with van der Waals surface area (Å²) in [7, 11) is 0. The van der Waals surface area contributed by atoms with Crippen LogP contribution in [-0.2, 0) is 12.8 Å². The summed E-state index contributed by atoms with van der Waals surface area (Å²) in [4.78, 5) is 13.9. The van der Waals surface area contributed by atoms with Crippen LogP contribution in [0.25, 0.3) is 0 Å². The van der Waals surface area contributed by atoms with Gasteiger partial charge in [0.05, 0.1) is 0 Å². The average molecular weight is 300 g/mol. The number of rotatable bonds is 3. The average Bonchev–Trinajstić information content (AvgIpc) is 2.98. The Balaban J connectivity index is 1.65. The first-order valence-electron chi connectivity index (χ1n) is 8.87. The lowest BCUT2D eigenvalue weighted by molar-refractivity contribution is 0.163. The zero-order valence-corrected chi connectivity index (χ0v) is 13.9. The number of nitrogens with one attached hydrogen (secondary N) is 1. The van der Waals surface area contributed by atoms with Gasteiger partial charge in [0.2, 0.25) is 0 Å². The highest BCUT2D eigenvalue weighted by atomic mass is 16.2. The number of carbonyl (C=O) groups is 1. The second-order valence-corrected chi connectivity index (χ2v) is 6.69. The van der Waals surface area contributed by atoms with Gasteiger partial charge >= 0.3 is 6.03 Å². The third kappa shape index (κ3) is 2.99. The minimum absolute atomic E-state index is 0.112. The molecule has 1 aromatic rings. The molecule has 1 heterocycles. The number of fused-ring (bicyclic) bond motifs is 1. The predicted octanol–water partition coefficient (Wildman–Crippen LogP) is 3.72. The van der Waals surface area contributed by atoms with E-state index in [-0.39, 0.29) is 6.03 Å². The molecule has 0 spiro atoms. The van der Waals surface area contributed by atoms with Gasteiger partial charge in [0.1, 0.15) is 0 Å². The molecule has 3 rings (SSSR count). The van der Waals surface area contributed by atoms with E-state index in [1.165, 1.54) is 18.4 Å². The number of benzene rings is 1. The van der Waals surface area contributed by atoms with Gasteiger partial charge in [0.25, 0.3) is 0 Å². The van der Waals surface area contributed by atoms with Crippen LogP contribution < -0.4 is 5.32 Å². The van der Waals surface area contributed by atoms with Crippen molar-refractivity contribution in [3.63, 3.8) is 0 Å². The number of carbonyl (C=O) groups excluding carboxylic acids is 1. The monoisotopic (exact) mass is 300 g/mol. The summed E-state index contributed by atoms with van der Waals surface area (Å²) in [6, 6.07) is 7.20. The van der Waals surface area contributed by atoms with Gasteiger partial charge in [0.15, 0.2) is 0 Å². The van der Waals surface area contributed by atoms with E-state index in [1.807, 2.05) is 11.8 Å². The molecule has 1 aliphatic carbocycles. The molecule has 1 atom stereocenters. The highest BCUT2D eigenvalue weighted by Gasteiger charge is 2.33. The minimum atomic E-state index is 0.112. The number of nitrogens with zero attached hydrogens (tertiary/aromatic N) is 1. The van der Waals surface area contributed by atoms with Gasteiger partial charge in [-0.15, -0.1) is 0 Å². The van der Waals surface area contributed by atoms with Crippen molar-refractivity contribution in [3.05, 3.63) is 34.9 Å². The number of aryl methyl sites for hydroxylation is 2. The maximum absolute atomic E-state index is 11.9. The molecule has 22 heavy (non-hydrogen) atoms. The predicted molar refractivity (Wildman–Crippen MR) is 90.3 cm³/mol. The van der Waals surface area contributed by atoms with Crippen LogP contribution in [0.15, 0.2) is 18.2 Å². The molecule has 1 aliphatic heterocycles. The van der Waals surface area contributed by atoms with Gasteiger partial charge in [-0.2, -0.15) is 0 Å². The van der Waals surface area contributed by atoms with E-state index in [4.69, 9.17) is 0 Å². The normalized spacial score (nSPS) is 21.7. The van der Waals surface area contributed by atoms with Crippen LogP contribution in [0.2, 0.25) is 0 Å². The first-order chi connectivity index (χ1) is 10.7. The molecule has 1 N–H and O–H groups in total. The molecule has 1 unspecified atom stereocenters. The quantitative estimate of drug-likeness (QED) is 0.906. The fourth-order valence-electron chi connectivity index (χ4n) is 4.16. The summed E-state index contributed by atoms with van der Waals surface area (Å²) in [6.07, 6.45) is 5.96. The summed E-state index contributed by atoms with van der Waals surface area (Å²) >= 11 is 0. The van der Waals surface area contributed by atoms with Crippen molar-refractivity contribution in [2.24, 2.45) is 5.92 Å². The van der Waals surface area contributed by atoms with Gasteiger partial charge in [-0.25, -0.2) is 4.79 Å². The Labute approximate surface area is 134 Å². The number of urea groups is 1. The smallest absolute Gasteiger partial charge is 0.317 e. The molecular formula is C19H28N2O. The van der Waals surface area contributed by atoms with Crippen LogP contribution in [0.4, 0.5) is 4.79 Å². The molecule has 2 amide bonds. The zero-order valence-electron chi connectivity index (χ0n) is 13.9. The van der Waals surface area contributed by atoms with Crippen LogP contribution >= 0.6 is 0 Å². The van der Waals surface area contributed by atoms with Crippen molar-refractivity contribution >= 4 is 6.03 Å². The molecule has 3 heteroatoms. The van der Waals surface area contributed by atoms with Crippen molar-refractivity contribution in [2.75, 3.05) is 19.6 Å². The van der Waals surface area contributed by atoms with Crippen molar-refractivity contribution in [2.45, 2.75) is 51.9 Å². The van der Waals surface area contributed by atoms with Crippen LogP contribution in [0.5, 0.6) is 0 Å². The molecule has 0 radical (unpaired) electrons. The highest BCUT2D eigenvalue weighted by molar-refractivity contribution is 5.74. The number of hydrogen-bond donors (Lipinski definition) is 1. The summed E-state index contributed by atoms with van der Waals surface area (Å²) in [5, 5.41) is 2.92. The van der Waals surface area contributed by atoms with E-state index in [0.717, 1.165) is 44.2 Å². The largest absolute Gasteiger partial charge is 0.338 e. The third-order valence-electron chi connectivity index (χ3n) is 5.47. The van der Waals surface area contributed by atoms with Crippen molar-refractivity contribution in [3.8, 4) is 0 Å². The summed E-state index contributed by atoms with van der Waals surface area (Å²) in [6.45, 7) is 6.75. The Kier molecular flexibility index (Phi) is 4.70. The number of piperidine rings is 1. The molecule has 3 nitrogen and oxygen atoms in total. The maximum atomic E-state index is 11.9. The van der Waals surface area contributed by atoms with Gasteiger partial charge < -0.3 is 10.2 Å². The fourth-order valence-corrected chi connectivity index (χ4v) is 4.16. The third-order valence-corrected chi connectivity index (χ3v) is 5.47. The van der Waals surface area contributed by atoms with Gasteiger partial charge in [-0.1, -0.05) is 25.1 Å². The van der Waals surface area contributed by atoms with Crippen molar-refractivity contribution in [1.29, 1.82) is 0 Å². The summed E-state index contributed by atoms with van der Waals surface area (Å²) < 4.78 is 0. The molecule has 2 aliphatic rings. The second kappa shape index (κ2) is 6.72. The van der Waals surface area contributed by atoms with Crippen LogP contribution in [0.3, 0.4) is 0 Å². The summed E-state index contributed by atoms with van der Waals surface area (Å²) in [5.74, 6) is 1.47. The molecule has 1 fully saturated rings. The molecule has 0 aromatic heterocycles. The first-order valence-corrected chi connectivity index (χ1v) is 8.87. The SMILES string of the molecule is CCNC(=O)N1CCC(C2CCc3ccc(CC)cc32)CC1. The van der Waals surface area contributed by atoms with E-state index >= 15 is 0 Å². The Bertz CT molecular complexity index is 532. The van der Waals surface area contributed by atoms with E-state index in [9.17, 15) is 4.79 Å². The fraction of sp³-hybridized carbons (Fsp3) is 0.632. The Morgan fingerprint density at radius 2 is 2.00 bits per heavy atom. The minimum Gasteiger partial charge on any atom is -0.338 e. The lowest BCUT2D eigenvalue weighted by atomic mass is 9.80. The zero-order chi connectivity index (χ0) is 15.5. The molecule has 0 saturated carbocycles. The number of hydrogen-bond acceptors (Lipinski definition) is 1. The summed E-state index contributed by atoms with van der Waals surface area (Å²) in [5.41, 5.74) is 4.63. The molecule has 1 saturated heterocycles. The Hall–Kier alpha value is -1.51. The van der Waals surface area contributed by atoms with Crippen LogP contribution in [0.1, 0.15) is 55.7 Å². The van der Waals surface area contributed by atoms with Crippen molar-refractivity contribution < 1.29 is 4.79 Å². The Morgan fingerprint density at radius 3 is 2.68 bits per heavy atom. The molecule has 120 valence electrons. The van der Waals surface area contributed by atoms with Gasteiger partial charge in [0, 0.05) is 19.6 Å². The van der Waals surface area contributed by atoms with Crippen LogP contribution in [0, 0.1) is 5.92 Å². The topological polar surface area (TPSA) is 32.3 Å². The van der Waals surface area contributed by atoms with Gasteiger partial charge in [-0.05, 0) is 67.6 Å². The van der Waals surface area contributed by atoms with E-state index in [1.54, 1.807) is 11.1 Å². The molecular weight excluding hydrogens is 272 g/mol. The standard InChI is InChI=1S/C19H28N2O/c1-3-14-5-6-15-7-8-17(18(15)13-14)16-9-11-21(12-10-16)19(22)20-4-2/h5-6,13,16-17H,3-4,7-12H2,1-2H3,(H,20,22). The van der Waals surface area contributed by atoms with E-state index in [2.05, 4.69) is 30.4 Å². The van der Waals surface area contributed by atoms with E-state index in [0.29, 0.717) is 6.54 Å². The highest BCUT2D eigenvalue weighted by Crippen LogP contribution is 2.42. The first kappa shape index (κ1) is 15.4. The maximum Gasteiger partial charge on any atom is 0.317 e. The van der Waals surface area contributed by atoms with Crippen molar-refractivity contribution in [1.82, 2.24) is 10.2 Å². The van der Waals surface area contributed by atoms with Crippen LogP contribution in [-0.4, -0.2) is 30.6 Å². The number of likely N-dealkylation sites (tertiary alicyclic amines) is 1. The van der Waals surface area contributed by atoms with E-state index < -0.39 is 0 Å². The second-order valence-electron chi connectivity index (χ2n) is 6.69. The molecule has 0 bridgehead atoms.